The van der Waals surface area contributed by atoms with E-state index >= 15 is 0 Å². The lowest BCUT2D eigenvalue weighted by Gasteiger charge is -2.64. The van der Waals surface area contributed by atoms with Gasteiger partial charge >= 0.3 is 6.18 Å². The van der Waals surface area contributed by atoms with Gasteiger partial charge in [-0.1, -0.05) is 0 Å². The van der Waals surface area contributed by atoms with Crippen LogP contribution < -0.4 is 5.32 Å². The van der Waals surface area contributed by atoms with Crippen molar-refractivity contribution in [2.45, 2.75) is 62.0 Å². The molecule has 3 aliphatic carbocycles. The summed E-state index contributed by atoms with van der Waals surface area (Å²) in [7, 11) is 0. The summed E-state index contributed by atoms with van der Waals surface area (Å²) in [6.07, 6.45) is -3.66. The van der Waals surface area contributed by atoms with E-state index in [4.69, 9.17) is 4.74 Å². The number of nitrogens with zero attached hydrogens (tertiary/aromatic N) is 1. The molecule has 9 heteroatoms. The largest absolute Gasteiger partial charge is 0.426 e. The van der Waals surface area contributed by atoms with Gasteiger partial charge in [0.05, 0.1) is 11.5 Å². The van der Waals surface area contributed by atoms with Gasteiger partial charge in [0.25, 0.3) is 5.91 Å². The van der Waals surface area contributed by atoms with Crippen LogP contribution in [0.1, 0.15) is 38.5 Å². The maximum absolute atomic E-state index is 13.5. The van der Waals surface area contributed by atoms with Gasteiger partial charge in [-0.2, -0.15) is 13.2 Å². The van der Waals surface area contributed by atoms with Gasteiger partial charge in [0.2, 0.25) is 11.5 Å². The van der Waals surface area contributed by atoms with Crippen molar-refractivity contribution < 1.29 is 31.9 Å². The highest BCUT2D eigenvalue weighted by Gasteiger charge is 2.73. The number of likely N-dealkylation sites (tertiary alicyclic amines) is 1. The molecule has 1 atom stereocenters. The predicted molar refractivity (Wildman–Crippen MR) is 77.2 cm³/mol. The Kier molecular flexibility index (Phi) is 3.47. The molecule has 5 rings (SSSR count). The summed E-state index contributed by atoms with van der Waals surface area (Å²) in [4.78, 5) is 25.6. The van der Waals surface area contributed by atoms with E-state index in [-0.39, 0.29) is 63.7 Å². The van der Waals surface area contributed by atoms with Gasteiger partial charge in [-0.25, -0.2) is 4.39 Å². The molecule has 1 unspecified atom stereocenters. The van der Waals surface area contributed by atoms with Crippen LogP contribution in [0, 0.1) is 5.41 Å². The van der Waals surface area contributed by atoms with E-state index in [1.807, 2.05) is 0 Å². The summed E-state index contributed by atoms with van der Waals surface area (Å²) in [6.45, 7) is -0.0298. The Morgan fingerprint density at radius 2 is 1.76 bits per heavy atom. The topological polar surface area (TPSA) is 58.6 Å². The molecule has 3 saturated carbocycles. The maximum Gasteiger partial charge on any atom is 0.426 e. The zero-order chi connectivity index (χ0) is 18.1. The number of hydrogen-bond donors (Lipinski definition) is 1. The molecule has 2 amide bonds. The van der Waals surface area contributed by atoms with E-state index in [0.29, 0.717) is 6.42 Å². The monoisotopic (exact) mass is 364 g/mol. The van der Waals surface area contributed by atoms with E-state index in [1.54, 1.807) is 0 Å². The normalized spacial score (nSPS) is 40.6. The second kappa shape index (κ2) is 5.08. The molecule has 0 spiro atoms. The average Bonchev–Trinajstić information content (AvgIpc) is 2.45. The Bertz CT molecular complexity index is 589. The van der Waals surface area contributed by atoms with Crippen molar-refractivity contribution in [3.05, 3.63) is 0 Å². The molecule has 2 bridgehead atoms. The quantitative estimate of drug-likeness (QED) is 0.776. The van der Waals surface area contributed by atoms with E-state index in [1.165, 1.54) is 0 Å². The second-order valence-electron chi connectivity index (χ2n) is 7.97. The Morgan fingerprint density at radius 3 is 2.24 bits per heavy atom. The first-order chi connectivity index (χ1) is 11.6. The number of ether oxygens (including phenoxy) is 1. The molecule has 1 N–H and O–H groups in total. The fourth-order valence-corrected chi connectivity index (χ4v) is 4.54. The molecule has 0 aromatic rings. The van der Waals surface area contributed by atoms with Crippen molar-refractivity contribution in [1.29, 1.82) is 0 Å². The van der Waals surface area contributed by atoms with Gasteiger partial charge in [-0.15, -0.1) is 0 Å². The van der Waals surface area contributed by atoms with Crippen LogP contribution in [-0.4, -0.2) is 59.9 Å². The third-order valence-electron chi connectivity index (χ3n) is 6.03. The molecule has 0 aromatic heterocycles. The molecular formula is C16H20F4N2O3. The average molecular weight is 364 g/mol. The van der Waals surface area contributed by atoms with Gasteiger partial charge in [0.15, 0.2) is 0 Å². The first kappa shape index (κ1) is 17.1. The minimum atomic E-state index is -4.76. The first-order valence-corrected chi connectivity index (χ1v) is 8.59. The van der Waals surface area contributed by atoms with Gasteiger partial charge in [-0.3, -0.25) is 9.59 Å². The SMILES string of the molecule is O=C(NC1CN(C(=O)C2(C(F)(F)F)CCCCO2)C1)C12CC(F)(C1)C2. The van der Waals surface area contributed by atoms with Crippen molar-refractivity contribution >= 4 is 11.8 Å². The molecule has 140 valence electrons. The first-order valence-electron chi connectivity index (χ1n) is 8.59. The van der Waals surface area contributed by atoms with E-state index in [9.17, 15) is 27.2 Å². The van der Waals surface area contributed by atoms with Crippen LogP contribution in [0.3, 0.4) is 0 Å². The standard InChI is InChI=1S/C16H20F4N2O3/c17-14-7-13(8-14,9-14)11(23)21-10-5-22(6-10)12(24)15(16(18,19)20)3-1-2-4-25-15/h10H,1-9H2,(H,21,23). The molecular weight excluding hydrogens is 344 g/mol. The summed E-state index contributed by atoms with van der Waals surface area (Å²) >= 11 is 0. The van der Waals surface area contributed by atoms with Crippen molar-refractivity contribution in [3.8, 4) is 0 Å². The van der Waals surface area contributed by atoms with Gasteiger partial charge < -0.3 is 15.0 Å². The molecule has 2 heterocycles. The van der Waals surface area contributed by atoms with Gasteiger partial charge in [0.1, 0.15) is 5.67 Å². The summed E-state index contributed by atoms with van der Waals surface area (Å²) in [6, 6.07) is -0.380. The van der Waals surface area contributed by atoms with E-state index in [0.717, 1.165) is 4.90 Å². The maximum atomic E-state index is 13.5. The van der Waals surface area contributed by atoms with Crippen molar-refractivity contribution in [1.82, 2.24) is 10.2 Å². The zero-order valence-corrected chi connectivity index (χ0v) is 13.6. The highest BCUT2D eigenvalue weighted by atomic mass is 19.4. The molecule has 0 aromatic carbocycles. The molecule has 5 fully saturated rings. The van der Waals surface area contributed by atoms with Crippen molar-refractivity contribution in [2.24, 2.45) is 5.41 Å². The third-order valence-corrected chi connectivity index (χ3v) is 6.03. The number of rotatable bonds is 3. The predicted octanol–water partition coefficient (Wildman–Crippen LogP) is 1.71. The van der Waals surface area contributed by atoms with Gasteiger partial charge in [0, 0.05) is 19.7 Å². The summed E-state index contributed by atoms with van der Waals surface area (Å²) in [5.74, 6) is -1.32. The fourth-order valence-electron chi connectivity index (χ4n) is 4.54. The minimum Gasteiger partial charge on any atom is -0.357 e. The Morgan fingerprint density at radius 1 is 1.12 bits per heavy atom. The number of carbonyl (C=O) groups is 2. The lowest BCUT2D eigenvalue weighted by Crippen LogP contribution is -2.73. The number of alkyl halides is 4. The van der Waals surface area contributed by atoms with Gasteiger partial charge in [-0.05, 0) is 38.5 Å². The summed E-state index contributed by atoms with van der Waals surface area (Å²) in [5, 5.41) is 2.73. The Balaban J connectivity index is 1.33. The van der Waals surface area contributed by atoms with E-state index in [2.05, 4.69) is 5.32 Å². The van der Waals surface area contributed by atoms with Crippen LogP contribution in [0.4, 0.5) is 17.6 Å². The number of halogens is 4. The molecule has 2 aliphatic heterocycles. The van der Waals surface area contributed by atoms with Crippen molar-refractivity contribution in [3.63, 3.8) is 0 Å². The van der Waals surface area contributed by atoms with Crippen molar-refractivity contribution in [2.75, 3.05) is 19.7 Å². The smallest absolute Gasteiger partial charge is 0.357 e. The van der Waals surface area contributed by atoms with Crippen LogP contribution >= 0.6 is 0 Å². The van der Waals surface area contributed by atoms with E-state index < -0.39 is 28.8 Å². The van der Waals surface area contributed by atoms with Crippen LogP contribution in [0.25, 0.3) is 0 Å². The summed E-state index contributed by atoms with van der Waals surface area (Å²) < 4.78 is 58.7. The van der Waals surface area contributed by atoms with Crippen LogP contribution in [0.5, 0.6) is 0 Å². The Hall–Kier alpha value is -1.38. The summed E-state index contributed by atoms with van der Waals surface area (Å²) in [5.41, 5.74) is -4.57. The highest BCUT2D eigenvalue weighted by molar-refractivity contribution is 5.89. The number of nitrogens with one attached hydrogen (secondary N) is 1. The molecule has 5 aliphatic rings. The Labute approximate surface area is 142 Å². The number of hydrogen-bond acceptors (Lipinski definition) is 3. The third kappa shape index (κ3) is 2.38. The number of amides is 2. The van der Waals surface area contributed by atoms with Crippen LogP contribution in [0.15, 0.2) is 0 Å². The number of carbonyl (C=O) groups excluding carboxylic acids is 2. The zero-order valence-electron chi connectivity index (χ0n) is 13.6. The minimum absolute atomic E-state index is 0.0304. The lowest BCUT2D eigenvalue weighted by molar-refractivity contribution is -0.283. The fraction of sp³-hybridized carbons (Fsp3) is 0.875. The lowest BCUT2D eigenvalue weighted by atomic mass is 9.42. The second-order valence-corrected chi connectivity index (χ2v) is 7.97. The molecule has 5 nitrogen and oxygen atoms in total. The van der Waals surface area contributed by atoms with Crippen LogP contribution in [0.2, 0.25) is 0 Å². The molecule has 2 saturated heterocycles. The molecule has 0 radical (unpaired) electrons. The highest BCUT2D eigenvalue weighted by Crippen LogP contribution is 2.69. The molecule has 25 heavy (non-hydrogen) atoms. The van der Waals surface area contributed by atoms with Crippen LogP contribution in [-0.2, 0) is 14.3 Å².